The van der Waals surface area contributed by atoms with Gasteiger partial charge < -0.3 is 0 Å². The fourth-order valence-electron chi connectivity index (χ4n) is 2.88. The first kappa shape index (κ1) is 25.3. The number of amides is 2. The number of hydrogen-bond donors (Lipinski definition) is 0. The first-order valence-corrected chi connectivity index (χ1v) is 9.37. The van der Waals surface area contributed by atoms with Crippen molar-refractivity contribution in [3.05, 3.63) is 70.3 Å². The Hall–Kier alpha value is -2.98. The highest BCUT2D eigenvalue weighted by molar-refractivity contribution is 6.10. The van der Waals surface area contributed by atoms with E-state index in [1.807, 2.05) is 6.92 Å². The van der Waals surface area contributed by atoms with Crippen LogP contribution in [0.5, 0.6) is 0 Å². The van der Waals surface area contributed by atoms with Gasteiger partial charge in [0.15, 0.2) is 0 Å². The van der Waals surface area contributed by atoms with Crippen LogP contribution in [0.15, 0.2) is 36.4 Å². The number of unbranched alkanes of at least 4 members (excludes halogenated alkanes) is 2. The molecule has 174 valence electrons. The number of carbonyl (C=O) groups is 2. The molecule has 0 N–H and O–H groups in total. The van der Waals surface area contributed by atoms with Crippen LogP contribution < -0.4 is 0 Å². The quantitative estimate of drug-likeness (QED) is 0.277. The van der Waals surface area contributed by atoms with E-state index < -0.39 is 58.1 Å². The van der Waals surface area contributed by atoms with Crippen molar-refractivity contribution in [1.82, 2.24) is 4.90 Å². The maximum atomic E-state index is 13.9. The molecule has 0 aliphatic rings. The van der Waals surface area contributed by atoms with Crippen molar-refractivity contribution in [2.45, 2.75) is 38.5 Å². The van der Waals surface area contributed by atoms with E-state index in [9.17, 15) is 44.7 Å². The van der Waals surface area contributed by atoms with Crippen molar-refractivity contribution in [2.24, 2.45) is 0 Å². The van der Waals surface area contributed by atoms with E-state index >= 15 is 0 Å². The van der Waals surface area contributed by atoms with Gasteiger partial charge in [0.25, 0.3) is 11.8 Å². The lowest BCUT2D eigenvalue weighted by Crippen LogP contribution is -2.38. The lowest BCUT2D eigenvalue weighted by atomic mass is 10.1. The fraction of sp³-hybridized carbons (Fsp3) is 0.333. The van der Waals surface area contributed by atoms with Crippen LogP contribution in [0.3, 0.4) is 0 Å². The first-order valence-electron chi connectivity index (χ1n) is 9.37. The number of nitrogens with zero attached hydrogens (tertiary/aromatic N) is 1. The number of imide groups is 1. The molecule has 0 aromatic heterocycles. The molecule has 0 bridgehead atoms. The molecule has 2 amide bonds. The van der Waals surface area contributed by atoms with Crippen LogP contribution in [0.4, 0.5) is 35.1 Å². The van der Waals surface area contributed by atoms with Crippen molar-refractivity contribution in [3.63, 3.8) is 0 Å². The number of halogens is 8. The predicted molar refractivity (Wildman–Crippen MR) is 97.7 cm³/mol. The van der Waals surface area contributed by atoms with Gasteiger partial charge in [-0.2, -0.15) is 26.3 Å². The third-order valence-electron chi connectivity index (χ3n) is 4.52. The highest BCUT2D eigenvalue weighted by Crippen LogP contribution is 2.33. The van der Waals surface area contributed by atoms with Gasteiger partial charge in [0, 0.05) is 17.7 Å². The van der Waals surface area contributed by atoms with E-state index in [1.54, 1.807) is 0 Å². The topological polar surface area (TPSA) is 37.4 Å². The zero-order chi connectivity index (χ0) is 24.3. The van der Waals surface area contributed by atoms with Crippen LogP contribution in [-0.2, 0) is 12.4 Å². The third-order valence-corrected chi connectivity index (χ3v) is 4.52. The van der Waals surface area contributed by atoms with E-state index in [4.69, 9.17) is 0 Å². The Morgan fingerprint density at radius 2 is 1.16 bits per heavy atom. The fourth-order valence-corrected chi connectivity index (χ4v) is 2.88. The van der Waals surface area contributed by atoms with Crippen molar-refractivity contribution >= 4 is 11.8 Å². The van der Waals surface area contributed by atoms with Crippen LogP contribution in [0.25, 0.3) is 0 Å². The summed E-state index contributed by atoms with van der Waals surface area (Å²) in [5, 5.41) is 0. The van der Waals surface area contributed by atoms with Crippen LogP contribution in [0.2, 0.25) is 0 Å². The molecular formula is C21H17F8NO2. The molecule has 2 rings (SSSR count). The minimum atomic E-state index is -5.00. The van der Waals surface area contributed by atoms with E-state index in [0.717, 1.165) is 0 Å². The van der Waals surface area contributed by atoms with E-state index in [0.29, 0.717) is 54.1 Å². The zero-order valence-electron chi connectivity index (χ0n) is 16.6. The summed E-state index contributed by atoms with van der Waals surface area (Å²) in [4.78, 5) is 26.1. The molecule has 0 fully saturated rings. The Kier molecular flexibility index (Phi) is 7.63. The lowest BCUT2D eigenvalue weighted by molar-refractivity contribution is -0.140. The van der Waals surface area contributed by atoms with E-state index in [1.165, 1.54) is 0 Å². The van der Waals surface area contributed by atoms with Gasteiger partial charge in [-0.3, -0.25) is 14.5 Å². The minimum Gasteiger partial charge on any atom is -0.274 e. The molecule has 0 radical (unpaired) electrons. The van der Waals surface area contributed by atoms with Crippen LogP contribution in [0.1, 0.15) is 58.0 Å². The molecule has 0 unspecified atom stereocenters. The molecule has 11 heteroatoms. The SMILES string of the molecule is CCCCCN(C(=O)c1ccc(C(F)(F)F)c(F)c1)C(=O)c1ccc(C(F)(F)F)c(F)c1. The number of benzene rings is 2. The summed E-state index contributed by atoms with van der Waals surface area (Å²) in [5.41, 5.74) is -4.37. The Bertz CT molecular complexity index is 923. The van der Waals surface area contributed by atoms with Crippen molar-refractivity contribution < 1.29 is 44.7 Å². The molecule has 0 atom stereocenters. The Labute approximate surface area is 177 Å². The van der Waals surface area contributed by atoms with E-state index in [2.05, 4.69) is 0 Å². The van der Waals surface area contributed by atoms with Crippen molar-refractivity contribution in [2.75, 3.05) is 6.54 Å². The molecule has 2 aromatic rings. The molecule has 0 aliphatic heterocycles. The zero-order valence-corrected chi connectivity index (χ0v) is 16.6. The van der Waals surface area contributed by atoms with E-state index in [-0.39, 0.29) is 13.0 Å². The van der Waals surface area contributed by atoms with Gasteiger partial charge in [-0.25, -0.2) is 8.78 Å². The summed E-state index contributed by atoms with van der Waals surface area (Å²) in [6.45, 7) is 1.56. The molecule has 0 aliphatic carbocycles. The average Bonchev–Trinajstić information content (AvgIpc) is 2.68. The largest absolute Gasteiger partial charge is 0.419 e. The highest BCUT2D eigenvalue weighted by Gasteiger charge is 2.36. The molecule has 0 saturated carbocycles. The van der Waals surface area contributed by atoms with Gasteiger partial charge in [-0.1, -0.05) is 19.8 Å². The second-order valence-electron chi connectivity index (χ2n) is 6.85. The molecule has 2 aromatic carbocycles. The maximum Gasteiger partial charge on any atom is 0.419 e. The number of carbonyl (C=O) groups excluding carboxylic acids is 2. The normalized spacial score (nSPS) is 12.0. The molecule has 0 spiro atoms. The Balaban J connectivity index is 2.41. The Morgan fingerprint density at radius 3 is 1.47 bits per heavy atom. The molecule has 32 heavy (non-hydrogen) atoms. The summed E-state index contributed by atoms with van der Waals surface area (Å²) in [5.74, 6) is -5.80. The summed E-state index contributed by atoms with van der Waals surface area (Å²) < 4.78 is 104. The molecular weight excluding hydrogens is 450 g/mol. The monoisotopic (exact) mass is 467 g/mol. The summed E-state index contributed by atoms with van der Waals surface area (Å²) in [6.07, 6.45) is -8.53. The van der Waals surface area contributed by atoms with Gasteiger partial charge in [-0.15, -0.1) is 0 Å². The second-order valence-corrected chi connectivity index (χ2v) is 6.85. The summed E-state index contributed by atoms with van der Waals surface area (Å²) in [6, 6.07) is 2.69. The standard InChI is InChI=1S/C21H17F8NO2/c1-2-3-4-9-30(18(31)12-5-7-14(16(22)10-12)20(24,25)26)19(32)13-6-8-15(17(23)11-13)21(27,28)29/h5-8,10-11H,2-4,9H2,1H3. The number of hydrogen-bond acceptors (Lipinski definition) is 2. The summed E-state index contributed by atoms with van der Waals surface area (Å²) in [7, 11) is 0. The second kappa shape index (κ2) is 9.66. The number of alkyl halides is 6. The smallest absolute Gasteiger partial charge is 0.274 e. The predicted octanol–water partition coefficient (Wildman–Crippen LogP) is 6.48. The minimum absolute atomic E-state index is 0.253. The van der Waals surface area contributed by atoms with Crippen molar-refractivity contribution in [1.29, 1.82) is 0 Å². The van der Waals surface area contributed by atoms with Crippen LogP contribution >= 0.6 is 0 Å². The van der Waals surface area contributed by atoms with Gasteiger partial charge in [-0.05, 0) is 42.8 Å². The lowest BCUT2D eigenvalue weighted by Gasteiger charge is -2.22. The number of rotatable bonds is 6. The first-order chi connectivity index (χ1) is 14.8. The van der Waals surface area contributed by atoms with Gasteiger partial charge in [0.1, 0.15) is 11.6 Å². The maximum absolute atomic E-state index is 13.9. The molecule has 3 nitrogen and oxygen atoms in total. The van der Waals surface area contributed by atoms with Crippen LogP contribution in [-0.4, -0.2) is 23.3 Å². The average molecular weight is 467 g/mol. The van der Waals surface area contributed by atoms with Gasteiger partial charge in [0.2, 0.25) is 0 Å². The summed E-state index contributed by atoms with van der Waals surface area (Å²) >= 11 is 0. The molecule has 0 heterocycles. The van der Waals surface area contributed by atoms with Crippen LogP contribution in [0, 0.1) is 11.6 Å². The van der Waals surface area contributed by atoms with Gasteiger partial charge >= 0.3 is 12.4 Å². The van der Waals surface area contributed by atoms with Crippen molar-refractivity contribution in [3.8, 4) is 0 Å². The van der Waals surface area contributed by atoms with Gasteiger partial charge in [0.05, 0.1) is 11.1 Å². The highest BCUT2D eigenvalue weighted by atomic mass is 19.4. The third kappa shape index (κ3) is 5.83. The molecule has 0 saturated heterocycles. The Morgan fingerprint density at radius 1 is 0.750 bits per heavy atom.